The average Bonchev–Trinajstić information content (AvgIpc) is 3.39. The number of hydrogen-bond acceptors (Lipinski definition) is 4. The van der Waals surface area contributed by atoms with Crippen LogP contribution in [-0.4, -0.2) is 36.9 Å². The summed E-state index contributed by atoms with van der Waals surface area (Å²) in [7, 11) is 0. The average molecular weight is 358 g/mol. The number of H-pyrrole nitrogens is 1. The molecule has 4 aromatic rings. The van der Waals surface area contributed by atoms with E-state index >= 15 is 0 Å². The van der Waals surface area contributed by atoms with E-state index in [-0.39, 0.29) is 11.9 Å². The predicted octanol–water partition coefficient (Wildman–Crippen LogP) is 2.87. The molecule has 0 aliphatic carbocycles. The lowest BCUT2D eigenvalue weighted by molar-refractivity contribution is 0.0717. The molecular weight excluding hydrogens is 340 g/mol. The maximum Gasteiger partial charge on any atom is 0.270 e. The fourth-order valence-electron chi connectivity index (χ4n) is 3.66. The maximum atomic E-state index is 12.9. The molecule has 7 heteroatoms. The Labute approximate surface area is 155 Å². The van der Waals surface area contributed by atoms with E-state index in [1.807, 2.05) is 41.4 Å². The molecule has 0 fully saturated rings. The number of aromatic nitrogens is 4. The molecule has 27 heavy (non-hydrogen) atoms. The number of benzene rings is 1. The zero-order valence-electron chi connectivity index (χ0n) is 14.5. The Balaban J connectivity index is 1.50. The van der Waals surface area contributed by atoms with Gasteiger partial charge in [0.25, 0.3) is 5.91 Å². The number of nitrogens with zero attached hydrogens (tertiary/aromatic N) is 4. The summed E-state index contributed by atoms with van der Waals surface area (Å²) in [6, 6.07) is 15.7. The van der Waals surface area contributed by atoms with Crippen molar-refractivity contribution in [1.29, 1.82) is 0 Å². The van der Waals surface area contributed by atoms with Crippen LogP contribution in [0.3, 0.4) is 0 Å². The third kappa shape index (κ3) is 2.73. The van der Waals surface area contributed by atoms with Crippen LogP contribution in [0.5, 0.6) is 0 Å². The third-order valence-corrected chi connectivity index (χ3v) is 4.95. The van der Waals surface area contributed by atoms with E-state index in [4.69, 9.17) is 0 Å². The Morgan fingerprint density at radius 3 is 2.96 bits per heavy atom. The first-order valence-electron chi connectivity index (χ1n) is 8.85. The van der Waals surface area contributed by atoms with Gasteiger partial charge in [-0.1, -0.05) is 24.3 Å². The van der Waals surface area contributed by atoms with Crippen molar-refractivity contribution >= 4 is 17.2 Å². The number of carbonyl (C=O) groups is 1. The molecule has 0 radical (unpaired) electrons. The first kappa shape index (κ1) is 15.6. The molecule has 2 N–H and O–H groups in total. The van der Waals surface area contributed by atoms with Crippen LogP contribution in [0.4, 0.5) is 5.82 Å². The molecule has 1 amide bonds. The molecule has 1 aliphatic rings. The van der Waals surface area contributed by atoms with E-state index in [2.05, 4.69) is 32.5 Å². The topological polar surface area (TPSA) is 78.3 Å². The van der Waals surface area contributed by atoms with Crippen molar-refractivity contribution in [2.24, 2.45) is 0 Å². The van der Waals surface area contributed by atoms with Crippen LogP contribution in [0.2, 0.25) is 0 Å². The Morgan fingerprint density at radius 1 is 1.15 bits per heavy atom. The predicted molar refractivity (Wildman–Crippen MR) is 101 cm³/mol. The molecule has 0 bridgehead atoms. The van der Waals surface area contributed by atoms with E-state index in [1.54, 1.807) is 16.8 Å². The summed E-state index contributed by atoms with van der Waals surface area (Å²) in [5, 5.41) is 7.73. The minimum atomic E-state index is -0.0533. The number of rotatable bonds is 3. The van der Waals surface area contributed by atoms with Crippen LogP contribution >= 0.6 is 0 Å². The molecule has 1 atom stereocenters. The van der Waals surface area contributed by atoms with Gasteiger partial charge in [-0.15, -0.1) is 0 Å². The van der Waals surface area contributed by atoms with E-state index in [1.165, 1.54) is 11.9 Å². The summed E-state index contributed by atoms with van der Waals surface area (Å²) in [6.07, 6.45) is 5.19. The van der Waals surface area contributed by atoms with E-state index in [0.29, 0.717) is 18.8 Å². The monoisotopic (exact) mass is 358 g/mol. The van der Waals surface area contributed by atoms with Gasteiger partial charge in [-0.2, -0.15) is 5.10 Å². The number of carbonyl (C=O) groups excluding carboxylic acids is 1. The van der Waals surface area contributed by atoms with Crippen molar-refractivity contribution in [2.75, 3.05) is 11.9 Å². The minimum Gasteiger partial charge on any atom is -0.360 e. The third-order valence-electron chi connectivity index (χ3n) is 4.95. The quantitative estimate of drug-likeness (QED) is 0.590. The largest absolute Gasteiger partial charge is 0.360 e. The summed E-state index contributed by atoms with van der Waals surface area (Å²) in [6.45, 7) is 1.16. The highest BCUT2D eigenvalue weighted by Gasteiger charge is 2.29. The van der Waals surface area contributed by atoms with Gasteiger partial charge in [0.1, 0.15) is 17.5 Å². The summed E-state index contributed by atoms with van der Waals surface area (Å²) in [5.41, 5.74) is 3.84. The number of fused-ring (bicyclic) bond motifs is 2. The minimum absolute atomic E-state index is 0.00294. The molecule has 3 aromatic heterocycles. The van der Waals surface area contributed by atoms with Gasteiger partial charge in [0.05, 0.1) is 6.04 Å². The Kier molecular flexibility index (Phi) is 3.64. The van der Waals surface area contributed by atoms with Crippen LogP contribution in [0.15, 0.2) is 67.3 Å². The van der Waals surface area contributed by atoms with Crippen molar-refractivity contribution in [3.8, 4) is 0 Å². The van der Waals surface area contributed by atoms with Gasteiger partial charge in [0.15, 0.2) is 5.82 Å². The van der Waals surface area contributed by atoms with Crippen LogP contribution in [0.25, 0.3) is 5.52 Å². The smallest absolute Gasteiger partial charge is 0.270 e. The zero-order valence-corrected chi connectivity index (χ0v) is 14.5. The fraction of sp³-hybridized carbons (Fsp3) is 0.150. The first-order valence-corrected chi connectivity index (χ1v) is 8.85. The summed E-state index contributed by atoms with van der Waals surface area (Å²) in [5.74, 6) is 0.751. The fourth-order valence-corrected chi connectivity index (χ4v) is 3.66. The van der Waals surface area contributed by atoms with Crippen LogP contribution in [0.1, 0.15) is 27.7 Å². The van der Waals surface area contributed by atoms with Gasteiger partial charge < -0.3 is 15.2 Å². The van der Waals surface area contributed by atoms with Gasteiger partial charge in [-0.05, 0) is 35.4 Å². The molecule has 134 valence electrons. The summed E-state index contributed by atoms with van der Waals surface area (Å²) < 4.78 is 1.78. The second-order valence-electron chi connectivity index (χ2n) is 6.61. The number of amides is 1. The normalized spacial score (nSPS) is 16.3. The number of hydrogen-bond donors (Lipinski definition) is 2. The molecule has 1 unspecified atom stereocenters. The number of nitrogens with one attached hydrogen (secondary N) is 2. The molecule has 1 aromatic carbocycles. The van der Waals surface area contributed by atoms with Gasteiger partial charge in [-0.25, -0.2) is 9.50 Å². The second-order valence-corrected chi connectivity index (χ2v) is 6.61. The van der Waals surface area contributed by atoms with Crippen LogP contribution in [0, 0.1) is 0 Å². The van der Waals surface area contributed by atoms with Gasteiger partial charge in [-0.3, -0.25) is 4.79 Å². The van der Waals surface area contributed by atoms with Crippen LogP contribution < -0.4 is 5.32 Å². The van der Waals surface area contributed by atoms with Crippen molar-refractivity contribution in [2.45, 2.75) is 12.6 Å². The van der Waals surface area contributed by atoms with E-state index in [0.717, 1.165) is 16.9 Å². The molecule has 0 spiro atoms. The first-order chi connectivity index (χ1) is 13.3. The highest BCUT2D eigenvalue weighted by Crippen LogP contribution is 2.30. The van der Waals surface area contributed by atoms with Gasteiger partial charge in [0.2, 0.25) is 0 Å². The van der Waals surface area contributed by atoms with Gasteiger partial charge in [0, 0.05) is 25.5 Å². The number of anilines is 1. The Hall–Kier alpha value is -3.61. The molecule has 0 saturated carbocycles. The summed E-state index contributed by atoms with van der Waals surface area (Å²) in [4.78, 5) is 22.2. The molecule has 0 saturated heterocycles. The number of aromatic amines is 1. The lowest BCUT2D eigenvalue weighted by Crippen LogP contribution is -2.40. The molecule has 7 nitrogen and oxygen atoms in total. The molecule has 1 aliphatic heterocycles. The maximum absolute atomic E-state index is 12.9. The van der Waals surface area contributed by atoms with Gasteiger partial charge >= 0.3 is 0 Å². The standard InChI is InChI=1S/C20H18N6O/c27-20(16-7-3-9-21-16)25-11-14-5-1-2-6-15(14)17(12-25)24-19-18-8-4-10-26(18)23-13-22-19/h1-10,13,17,21H,11-12H2,(H,22,23,24). The van der Waals surface area contributed by atoms with E-state index < -0.39 is 0 Å². The molecular formula is C20H18N6O. The lowest BCUT2D eigenvalue weighted by atomic mass is 9.95. The molecule has 5 rings (SSSR count). The van der Waals surface area contributed by atoms with Crippen molar-refractivity contribution in [3.05, 3.63) is 84.1 Å². The van der Waals surface area contributed by atoms with Crippen molar-refractivity contribution in [3.63, 3.8) is 0 Å². The van der Waals surface area contributed by atoms with E-state index in [9.17, 15) is 4.79 Å². The lowest BCUT2D eigenvalue weighted by Gasteiger charge is -2.35. The zero-order chi connectivity index (χ0) is 18.2. The highest BCUT2D eigenvalue weighted by atomic mass is 16.2. The van der Waals surface area contributed by atoms with Crippen LogP contribution in [-0.2, 0) is 6.54 Å². The molecule has 4 heterocycles. The van der Waals surface area contributed by atoms with Crippen molar-refractivity contribution < 1.29 is 4.79 Å². The Morgan fingerprint density at radius 2 is 2.07 bits per heavy atom. The highest BCUT2D eigenvalue weighted by molar-refractivity contribution is 5.92. The summed E-state index contributed by atoms with van der Waals surface area (Å²) >= 11 is 0. The Bertz CT molecular complexity index is 1100. The SMILES string of the molecule is O=C(c1ccc[nH]1)N1Cc2ccccc2C(Nc2ncnn3cccc23)C1. The van der Waals surface area contributed by atoms with Crippen molar-refractivity contribution in [1.82, 2.24) is 24.5 Å². The second kappa shape index (κ2) is 6.28.